The van der Waals surface area contributed by atoms with E-state index in [1.165, 1.54) is 5.56 Å². The number of carbonyl (C=O) groups excluding carboxylic acids is 1. The van der Waals surface area contributed by atoms with Crippen LogP contribution in [0.4, 0.5) is 0 Å². The predicted octanol–water partition coefficient (Wildman–Crippen LogP) is 3.69. The molecule has 0 unspecified atom stereocenters. The Hall–Kier alpha value is -1.89. The number of nitrogens with zero attached hydrogens (tertiary/aromatic N) is 2. The number of hydrogen-bond donors (Lipinski definition) is 1. The third-order valence-electron chi connectivity index (χ3n) is 6.28. The Labute approximate surface area is 190 Å². The molecule has 3 atom stereocenters. The second-order valence-corrected chi connectivity index (χ2v) is 8.56. The molecule has 7 heteroatoms. The lowest BCUT2D eigenvalue weighted by Crippen LogP contribution is -2.47. The average Bonchev–Trinajstić information content (AvgIpc) is 3.19. The Balaban J connectivity index is 0.00000272. The Morgan fingerprint density at radius 3 is 2.84 bits per heavy atom. The van der Waals surface area contributed by atoms with Crippen LogP contribution in [0.15, 0.2) is 34.7 Å². The molecule has 2 heterocycles. The highest BCUT2D eigenvalue weighted by molar-refractivity contribution is 5.85. The van der Waals surface area contributed by atoms with Crippen molar-refractivity contribution < 1.29 is 13.9 Å². The number of amides is 1. The summed E-state index contributed by atoms with van der Waals surface area (Å²) in [5, 5.41) is 0. The summed E-state index contributed by atoms with van der Waals surface area (Å²) in [5.74, 6) is 1.93. The fourth-order valence-corrected chi connectivity index (χ4v) is 4.54. The number of nitrogens with two attached hydrogens (primary N) is 1. The van der Waals surface area contributed by atoms with Crippen molar-refractivity contribution in [3.63, 3.8) is 0 Å². The van der Waals surface area contributed by atoms with Crippen LogP contribution in [0.25, 0.3) is 0 Å². The van der Waals surface area contributed by atoms with Crippen molar-refractivity contribution in [2.45, 2.75) is 70.6 Å². The molecular formula is C24H34ClN3O3. The van der Waals surface area contributed by atoms with Gasteiger partial charge in [0.2, 0.25) is 5.91 Å². The number of carbonyl (C=O) groups is 1. The van der Waals surface area contributed by atoms with Crippen molar-refractivity contribution in [2.24, 2.45) is 11.7 Å². The monoisotopic (exact) mass is 447 g/mol. The third kappa shape index (κ3) is 5.88. The van der Waals surface area contributed by atoms with Crippen molar-refractivity contribution >= 4 is 18.3 Å². The normalized spacial score (nSPS) is 23.2. The van der Waals surface area contributed by atoms with Gasteiger partial charge >= 0.3 is 0 Å². The van der Waals surface area contributed by atoms with Gasteiger partial charge in [0.05, 0.1) is 12.6 Å². The minimum atomic E-state index is -0.00959. The number of benzene rings is 1. The predicted molar refractivity (Wildman–Crippen MR) is 122 cm³/mol. The van der Waals surface area contributed by atoms with E-state index >= 15 is 0 Å². The van der Waals surface area contributed by atoms with E-state index in [0.717, 1.165) is 62.3 Å². The van der Waals surface area contributed by atoms with Crippen LogP contribution in [0.5, 0.6) is 0 Å². The zero-order valence-corrected chi connectivity index (χ0v) is 19.1. The van der Waals surface area contributed by atoms with Gasteiger partial charge in [-0.3, -0.25) is 4.79 Å². The number of rotatable bonds is 7. The van der Waals surface area contributed by atoms with Crippen molar-refractivity contribution in [1.29, 1.82) is 0 Å². The van der Waals surface area contributed by atoms with Crippen molar-refractivity contribution in [1.82, 2.24) is 9.88 Å². The summed E-state index contributed by atoms with van der Waals surface area (Å²) in [6.45, 7) is 4.04. The maximum absolute atomic E-state index is 13.2. The molecule has 4 rings (SSSR count). The van der Waals surface area contributed by atoms with Crippen LogP contribution in [-0.2, 0) is 35.3 Å². The first-order valence-corrected chi connectivity index (χ1v) is 11.3. The molecule has 31 heavy (non-hydrogen) atoms. The van der Waals surface area contributed by atoms with Crippen LogP contribution in [-0.4, -0.2) is 41.1 Å². The zero-order chi connectivity index (χ0) is 20.9. The molecule has 0 spiro atoms. The smallest absolute Gasteiger partial charge is 0.226 e. The molecule has 2 aliphatic rings. The Kier molecular flexibility index (Phi) is 8.52. The molecular weight excluding hydrogens is 414 g/mol. The minimum Gasteiger partial charge on any atom is -0.445 e. The Bertz CT molecular complexity index is 842. The first-order chi connectivity index (χ1) is 14.6. The molecule has 0 radical (unpaired) electrons. The van der Waals surface area contributed by atoms with Gasteiger partial charge in [0.1, 0.15) is 11.5 Å². The molecule has 0 saturated heterocycles. The van der Waals surface area contributed by atoms with Gasteiger partial charge in [-0.2, -0.15) is 0 Å². The SMILES string of the molecule is CCCO[C@H]1C[C@@H](C(=O)N2CCc3oc(CCc4ccccc4)nc3C2)CC[C@@H]1N.Cl. The van der Waals surface area contributed by atoms with Crippen LogP contribution in [0.2, 0.25) is 0 Å². The summed E-state index contributed by atoms with van der Waals surface area (Å²) in [4.78, 5) is 19.8. The molecule has 1 saturated carbocycles. The highest BCUT2D eigenvalue weighted by Crippen LogP contribution is 2.30. The lowest BCUT2D eigenvalue weighted by atomic mass is 9.83. The fourth-order valence-electron chi connectivity index (χ4n) is 4.54. The molecule has 1 amide bonds. The lowest BCUT2D eigenvalue weighted by Gasteiger charge is -2.36. The number of aromatic nitrogens is 1. The van der Waals surface area contributed by atoms with E-state index in [4.69, 9.17) is 19.9 Å². The molecule has 0 bridgehead atoms. The Morgan fingerprint density at radius 1 is 1.26 bits per heavy atom. The molecule has 2 N–H and O–H groups in total. The van der Waals surface area contributed by atoms with E-state index in [1.54, 1.807) is 0 Å². The number of hydrogen-bond acceptors (Lipinski definition) is 5. The summed E-state index contributed by atoms with van der Waals surface area (Å²) in [6, 6.07) is 10.4. The maximum Gasteiger partial charge on any atom is 0.226 e. The van der Waals surface area contributed by atoms with Gasteiger partial charge < -0.3 is 19.8 Å². The summed E-state index contributed by atoms with van der Waals surface area (Å²) >= 11 is 0. The second-order valence-electron chi connectivity index (χ2n) is 8.56. The van der Waals surface area contributed by atoms with Gasteiger partial charge in [-0.15, -0.1) is 12.4 Å². The first kappa shape index (κ1) is 23.8. The molecule has 1 fully saturated rings. The van der Waals surface area contributed by atoms with Gasteiger partial charge in [-0.25, -0.2) is 4.98 Å². The number of halogens is 1. The number of fused-ring (bicyclic) bond motifs is 1. The Morgan fingerprint density at radius 2 is 2.06 bits per heavy atom. The molecule has 1 aliphatic heterocycles. The van der Waals surface area contributed by atoms with Gasteiger partial charge in [0.15, 0.2) is 5.89 Å². The quantitative estimate of drug-likeness (QED) is 0.700. The van der Waals surface area contributed by atoms with Crippen LogP contribution in [0.3, 0.4) is 0 Å². The molecule has 2 aromatic rings. The molecule has 6 nitrogen and oxygen atoms in total. The van der Waals surface area contributed by atoms with Crippen molar-refractivity contribution in [3.8, 4) is 0 Å². The second kappa shape index (κ2) is 11.1. The van der Waals surface area contributed by atoms with E-state index < -0.39 is 0 Å². The molecule has 1 aromatic carbocycles. The standard InChI is InChI=1S/C24H33N3O3.ClH/c1-2-14-29-22-15-18(9-10-19(22)25)24(28)27-13-12-21-20(16-27)26-23(30-21)11-8-17-6-4-3-5-7-17;/h3-7,18-19,22H,2,8-16,25H2,1H3;1H/t18-,19-,22-;/m0./s1. The van der Waals surface area contributed by atoms with Crippen LogP contribution in [0, 0.1) is 5.92 Å². The van der Waals surface area contributed by atoms with Gasteiger partial charge in [0.25, 0.3) is 0 Å². The van der Waals surface area contributed by atoms with E-state index in [0.29, 0.717) is 19.7 Å². The number of oxazole rings is 1. The first-order valence-electron chi connectivity index (χ1n) is 11.3. The van der Waals surface area contributed by atoms with E-state index in [-0.39, 0.29) is 36.4 Å². The highest BCUT2D eigenvalue weighted by Gasteiger charge is 2.36. The number of aryl methyl sites for hydroxylation is 2. The highest BCUT2D eigenvalue weighted by atomic mass is 35.5. The summed E-state index contributed by atoms with van der Waals surface area (Å²) in [7, 11) is 0. The van der Waals surface area contributed by atoms with Gasteiger partial charge in [0, 0.05) is 38.0 Å². The van der Waals surface area contributed by atoms with Crippen molar-refractivity contribution in [3.05, 3.63) is 53.2 Å². The lowest BCUT2D eigenvalue weighted by molar-refractivity contribution is -0.140. The largest absolute Gasteiger partial charge is 0.445 e. The summed E-state index contributed by atoms with van der Waals surface area (Å²) in [6.07, 6.45) is 5.80. The molecule has 1 aliphatic carbocycles. The van der Waals surface area contributed by atoms with Crippen LogP contribution < -0.4 is 5.73 Å². The molecule has 1 aromatic heterocycles. The molecule has 170 valence electrons. The van der Waals surface area contributed by atoms with Crippen LogP contribution >= 0.6 is 12.4 Å². The summed E-state index contributed by atoms with van der Waals surface area (Å²) < 4.78 is 11.9. The third-order valence-corrected chi connectivity index (χ3v) is 6.28. The van der Waals surface area contributed by atoms with E-state index in [2.05, 4.69) is 31.2 Å². The summed E-state index contributed by atoms with van der Waals surface area (Å²) in [5.41, 5.74) is 8.42. The fraction of sp³-hybridized carbons (Fsp3) is 0.583. The topological polar surface area (TPSA) is 81.6 Å². The average molecular weight is 448 g/mol. The van der Waals surface area contributed by atoms with E-state index in [9.17, 15) is 4.79 Å². The van der Waals surface area contributed by atoms with E-state index in [1.807, 2.05) is 11.0 Å². The van der Waals surface area contributed by atoms with Gasteiger partial charge in [-0.05, 0) is 37.7 Å². The maximum atomic E-state index is 13.2. The van der Waals surface area contributed by atoms with Crippen molar-refractivity contribution in [2.75, 3.05) is 13.2 Å². The minimum absolute atomic E-state index is 0. The van der Waals surface area contributed by atoms with Crippen LogP contribution in [0.1, 0.15) is 55.5 Å². The zero-order valence-electron chi connectivity index (χ0n) is 18.3. The van der Waals surface area contributed by atoms with Gasteiger partial charge in [-0.1, -0.05) is 37.3 Å². The number of ether oxygens (including phenoxy) is 1.